The van der Waals surface area contributed by atoms with Crippen LogP contribution in [0.15, 0.2) is 41.6 Å². The SMILES string of the molecule is CC1(C)OC(c2ccc(S(C)(=O)=O)nc2)=C(c2ccc(Cl)cc2Cl)C1=O. The van der Waals surface area contributed by atoms with Gasteiger partial charge in [0.2, 0.25) is 5.78 Å². The number of benzene rings is 1. The van der Waals surface area contributed by atoms with E-state index in [1.54, 1.807) is 38.1 Å². The Morgan fingerprint density at radius 3 is 2.35 bits per heavy atom. The Balaban J connectivity index is 2.20. The Kier molecular flexibility index (Phi) is 4.63. The molecule has 0 aliphatic carbocycles. The van der Waals surface area contributed by atoms with E-state index >= 15 is 0 Å². The highest BCUT2D eigenvalue weighted by Gasteiger charge is 2.43. The molecule has 0 radical (unpaired) electrons. The van der Waals surface area contributed by atoms with Gasteiger partial charge in [0.1, 0.15) is 5.76 Å². The molecule has 1 aromatic carbocycles. The molecule has 0 saturated heterocycles. The summed E-state index contributed by atoms with van der Waals surface area (Å²) < 4.78 is 29.1. The van der Waals surface area contributed by atoms with Crippen LogP contribution in [0.3, 0.4) is 0 Å². The molecule has 2 heterocycles. The molecule has 0 saturated carbocycles. The van der Waals surface area contributed by atoms with Gasteiger partial charge in [0.05, 0.1) is 10.6 Å². The average molecular weight is 412 g/mol. The van der Waals surface area contributed by atoms with Crippen molar-refractivity contribution in [2.75, 3.05) is 6.26 Å². The minimum absolute atomic E-state index is 0.0588. The van der Waals surface area contributed by atoms with Crippen molar-refractivity contribution >= 4 is 50.2 Å². The van der Waals surface area contributed by atoms with Crippen LogP contribution in [-0.4, -0.2) is 31.0 Å². The first kappa shape index (κ1) is 18.9. The molecule has 1 aliphatic heterocycles. The van der Waals surface area contributed by atoms with Gasteiger partial charge < -0.3 is 4.74 Å². The predicted octanol–water partition coefficient (Wildman–Crippen LogP) is 4.04. The first-order valence-electron chi connectivity index (χ1n) is 7.61. The molecule has 0 bridgehead atoms. The molecule has 26 heavy (non-hydrogen) atoms. The summed E-state index contributed by atoms with van der Waals surface area (Å²) in [6.07, 6.45) is 2.44. The molecule has 0 unspecified atom stereocenters. The number of carbonyl (C=O) groups is 1. The number of rotatable bonds is 3. The molecule has 1 aromatic heterocycles. The Morgan fingerprint density at radius 2 is 1.81 bits per heavy atom. The molecule has 8 heteroatoms. The minimum Gasteiger partial charge on any atom is -0.478 e. The Morgan fingerprint density at radius 1 is 1.12 bits per heavy atom. The number of carbonyl (C=O) groups excluding carboxylic acids is 1. The monoisotopic (exact) mass is 411 g/mol. The number of sulfone groups is 1. The topological polar surface area (TPSA) is 73.3 Å². The summed E-state index contributed by atoms with van der Waals surface area (Å²) in [4.78, 5) is 16.8. The second-order valence-electron chi connectivity index (χ2n) is 6.43. The van der Waals surface area contributed by atoms with Crippen molar-refractivity contribution in [2.24, 2.45) is 0 Å². The van der Waals surface area contributed by atoms with Crippen molar-refractivity contribution in [3.63, 3.8) is 0 Å². The summed E-state index contributed by atoms with van der Waals surface area (Å²) in [5.41, 5.74) is 0.208. The molecule has 0 atom stereocenters. The van der Waals surface area contributed by atoms with Crippen LogP contribution in [0, 0.1) is 0 Å². The lowest BCUT2D eigenvalue weighted by atomic mass is 9.93. The number of pyridine rings is 1. The van der Waals surface area contributed by atoms with Gasteiger partial charge in [-0.2, -0.15) is 0 Å². The number of nitrogens with zero attached hydrogens (tertiary/aromatic N) is 1. The highest BCUT2D eigenvalue weighted by Crippen LogP contribution is 2.43. The third-order valence-corrected chi connectivity index (χ3v) is 5.49. The van der Waals surface area contributed by atoms with Gasteiger partial charge in [-0.3, -0.25) is 4.79 Å². The fourth-order valence-electron chi connectivity index (χ4n) is 2.63. The van der Waals surface area contributed by atoms with Gasteiger partial charge in [0.25, 0.3) is 0 Å². The highest BCUT2D eigenvalue weighted by atomic mass is 35.5. The van der Waals surface area contributed by atoms with Gasteiger partial charge in [-0.15, -0.1) is 0 Å². The van der Waals surface area contributed by atoms with Crippen LogP contribution in [0.4, 0.5) is 0 Å². The third kappa shape index (κ3) is 3.37. The molecule has 0 N–H and O–H groups in total. The molecule has 3 rings (SSSR count). The number of hydrogen-bond acceptors (Lipinski definition) is 5. The number of aromatic nitrogens is 1. The summed E-state index contributed by atoms with van der Waals surface area (Å²) in [5.74, 6) is 0.0701. The zero-order chi connectivity index (χ0) is 19.3. The summed E-state index contributed by atoms with van der Waals surface area (Å²) in [7, 11) is -3.42. The highest BCUT2D eigenvalue weighted by molar-refractivity contribution is 7.90. The van der Waals surface area contributed by atoms with Crippen LogP contribution in [-0.2, 0) is 19.4 Å². The predicted molar refractivity (Wildman–Crippen MR) is 101 cm³/mol. The lowest BCUT2D eigenvalue weighted by Crippen LogP contribution is -2.29. The van der Waals surface area contributed by atoms with Crippen LogP contribution in [0.5, 0.6) is 0 Å². The number of hydrogen-bond donors (Lipinski definition) is 0. The van der Waals surface area contributed by atoms with E-state index in [-0.39, 0.29) is 10.8 Å². The Bertz CT molecular complexity index is 1040. The normalized spacial score (nSPS) is 16.7. The molecule has 2 aromatic rings. The third-order valence-electron chi connectivity index (χ3n) is 3.94. The summed E-state index contributed by atoms with van der Waals surface area (Å²) in [6.45, 7) is 3.31. The van der Waals surface area contributed by atoms with Gasteiger partial charge in [-0.05, 0) is 38.1 Å². The lowest BCUT2D eigenvalue weighted by Gasteiger charge is -2.17. The summed E-state index contributed by atoms with van der Waals surface area (Å²) in [5, 5.41) is 0.711. The number of Topliss-reactive ketones (excluding diaryl/α,β-unsaturated/α-hetero) is 1. The Hall–Kier alpha value is -1.89. The van der Waals surface area contributed by atoms with Crippen molar-refractivity contribution in [3.8, 4) is 0 Å². The molecule has 5 nitrogen and oxygen atoms in total. The molecule has 0 fully saturated rings. The maximum atomic E-state index is 12.9. The van der Waals surface area contributed by atoms with Crippen LogP contribution in [0.25, 0.3) is 11.3 Å². The van der Waals surface area contributed by atoms with Gasteiger partial charge in [0, 0.05) is 28.6 Å². The van der Waals surface area contributed by atoms with E-state index in [9.17, 15) is 13.2 Å². The quantitative estimate of drug-likeness (QED) is 0.761. The van der Waals surface area contributed by atoms with Crippen molar-refractivity contribution in [2.45, 2.75) is 24.5 Å². The standard InChI is InChI=1S/C18H15Cl2NO4S/c1-18(2)17(22)15(12-6-5-11(19)8-13(12)20)16(25-18)10-4-7-14(21-9-10)26(3,23)24/h4-9H,1-3H3. The fourth-order valence-corrected chi connectivity index (χ4v) is 3.69. The first-order chi connectivity index (χ1) is 12.0. The van der Waals surface area contributed by atoms with Gasteiger partial charge >= 0.3 is 0 Å². The van der Waals surface area contributed by atoms with E-state index in [2.05, 4.69) is 4.98 Å². The molecule has 0 spiro atoms. The second kappa shape index (κ2) is 6.37. The molecule has 136 valence electrons. The zero-order valence-electron chi connectivity index (χ0n) is 14.2. The molecular formula is C18H15Cl2NO4S. The maximum Gasteiger partial charge on any atom is 0.210 e. The van der Waals surface area contributed by atoms with Crippen LogP contribution in [0.2, 0.25) is 10.0 Å². The molecule has 1 aliphatic rings. The second-order valence-corrected chi connectivity index (χ2v) is 9.23. The largest absolute Gasteiger partial charge is 0.478 e. The van der Waals surface area contributed by atoms with Crippen molar-refractivity contribution in [1.82, 2.24) is 4.98 Å². The van der Waals surface area contributed by atoms with Gasteiger partial charge in [0.15, 0.2) is 20.5 Å². The zero-order valence-corrected chi connectivity index (χ0v) is 16.5. The molecule has 0 amide bonds. The van der Waals surface area contributed by atoms with E-state index in [0.717, 1.165) is 6.26 Å². The van der Waals surface area contributed by atoms with Crippen molar-refractivity contribution in [3.05, 3.63) is 57.7 Å². The fraction of sp³-hybridized carbons (Fsp3) is 0.222. The Labute approximate surface area is 161 Å². The number of ketones is 1. The number of ether oxygens (including phenoxy) is 1. The van der Waals surface area contributed by atoms with E-state index in [1.165, 1.54) is 12.3 Å². The van der Waals surface area contributed by atoms with Crippen molar-refractivity contribution in [1.29, 1.82) is 0 Å². The van der Waals surface area contributed by atoms with E-state index < -0.39 is 15.4 Å². The average Bonchev–Trinajstić information content (AvgIpc) is 2.78. The van der Waals surface area contributed by atoms with Crippen LogP contribution >= 0.6 is 23.2 Å². The smallest absolute Gasteiger partial charge is 0.210 e. The summed E-state index contributed by atoms with van der Waals surface area (Å²) in [6, 6.07) is 7.76. The van der Waals surface area contributed by atoms with Gasteiger partial charge in [-0.1, -0.05) is 29.3 Å². The first-order valence-corrected chi connectivity index (χ1v) is 10.3. The summed E-state index contributed by atoms with van der Waals surface area (Å²) >= 11 is 12.2. The van der Waals surface area contributed by atoms with E-state index in [0.29, 0.717) is 32.5 Å². The van der Waals surface area contributed by atoms with E-state index in [4.69, 9.17) is 27.9 Å². The van der Waals surface area contributed by atoms with E-state index in [1.807, 2.05) is 0 Å². The minimum atomic E-state index is -3.42. The molecular weight excluding hydrogens is 397 g/mol. The number of halogens is 2. The lowest BCUT2D eigenvalue weighted by molar-refractivity contribution is -0.125. The van der Waals surface area contributed by atoms with Gasteiger partial charge in [-0.25, -0.2) is 13.4 Å². The maximum absolute atomic E-state index is 12.9. The van der Waals surface area contributed by atoms with Crippen LogP contribution in [0.1, 0.15) is 25.0 Å². The van der Waals surface area contributed by atoms with Crippen LogP contribution < -0.4 is 0 Å². The van der Waals surface area contributed by atoms with Crippen molar-refractivity contribution < 1.29 is 17.9 Å².